The molecule has 0 aromatic heterocycles. The first-order valence-electron chi connectivity index (χ1n) is 11.6. The number of hydroxylamine groups is 1. The predicted octanol–water partition coefficient (Wildman–Crippen LogP) is 5.23. The van der Waals surface area contributed by atoms with Gasteiger partial charge in [-0.3, -0.25) is 14.8 Å². The van der Waals surface area contributed by atoms with Crippen molar-refractivity contribution in [1.29, 1.82) is 0 Å². The van der Waals surface area contributed by atoms with Gasteiger partial charge in [0.05, 0.1) is 12.5 Å². The topological polar surface area (TPSA) is 78.9 Å². The molecule has 180 valence electrons. The molecule has 0 aliphatic heterocycles. The lowest BCUT2D eigenvalue weighted by Crippen LogP contribution is -2.33. The maximum atomic E-state index is 13.0. The highest BCUT2D eigenvalue weighted by atomic mass is 35.5. The molecule has 2 atom stereocenters. The molecule has 2 aromatic carbocycles. The van der Waals surface area contributed by atoms with Crippen molar-refractivity contribution in [3.63, 3.8) is 0 Å². The number of nitrogens with zero attached hydrogens (tertiary/aromatic N) is 1. The van der Waals surface area contributed by atoms with Crippen molar-refractivity contribution in [3.8, 4) is 0 Å². The fraction of sp³-hybridized carbons (Fsp3) is 0.462. The van der Waals surface area contributed by atoms with Gasteiger partial charge in [0.2, 0.25) is 5.91 Å². The van der Waals surface area contributed by atoms with Gasteiger partial charge < -0.3 is 9.64 Å². The van der Waals surface area contributed by atoms with Gasteiger partial charge in [0.1, 0.15) is 0 Å². The van der Waals surface area contributed by atoms with E-state index in [9.17, 15) is 9.59 Å². The second-order valence-corrected chi connectivity index (χ2v) is 8.52. The maximum absolute atomic E-state index is 13.0. The van der Waals surface area contributed by atoms with Crippen LogP contribution in [0.1, 0.15) is 67.4 Å². The summed E-state index contributed by atoms with van der Waals surface area (Å²) < 4.78 is 5.93. The van der Waals surface area contributed by atoms with Crippen LogP contribution in [0.3, 0.4) is 0 Å². The zero-order valence-electron chi connectivity index (χ0n) is 19.7. The minimum atomic E-state index is -0.504. The first-order valence-corrected chi connectivity index (χ1v) is 12.0. The zero-order chi connectivity index (χ0) is 24.2. The van der Waals surface area contributed by atoms with Gasteiger partial charge in [-0.1, -0.05) is 49.7 Å². The van der Waals surface area contributed by atoms with Crippen LogP contribution in [0.4, 0.5) is 0 Å². The van der Waals surface area contributed by atoms with Crippen LogP contribution in [0.25, 0.3) is 0 Å². The van der Waals surface area contributed by atoms with E-state index in [2.05, 4.69) is 13.8 Å². The third kappa shape index (κ3) is 8.14. The van der Waals surface area contributed by atoms with E-state index in [0.717, 1.165) is 37.1 Å². The number of benzene rings is 2. The Hall–Kier alpha value is -2.41. The van der Waals surface area contributed by atoms with Crippen molar-refractivity contribution in [2.24, 2.45) is 0 Å². The van der Waals surface area contributed by atoms with E-state index in [0.29, 0.717) is 23.6 Å². The second kappa shape index (κ2) is 14.0. The fourth-order valence-electron chi connectivity index (χ4n) is 4.01. The number of hydrogen-bond acceptors (Lipinski definition) is 4. The second-order valence-electron chi connectivity index (χ2n) is 8.08. The quantitative estimate of drug-likeness (QED) is 0.308. The number of hydrogen-bond donors (Lipinski definition) is 2. The molecule has 33 heavy (non-hydrogen) atoms. The highest BCUT2D eigenvalue weighted by Crippen LogP contribution is 2.29. The molecule has 2 aromatic rings. The van der Waals surface area contributed by atoms with E-state index in [-0.39, 0.29) is 18.2 Å². The number of amides is 2. The number of halogens is 1. The lowest BCUT2D eigenvalue weighted by atomic mass is 9.85. The molecule has 0 heterocycles. The highest BCUT2D eigenvalue weighted by molar-refractivity contribution is 6.30. The normalized spacial score (nSPS) is 12.8. The molecule has 0 radical (unpaired) electrons. The van der Waals surface area contributed by atoms with E-state index in [1.54, 1.807) is 5.48 Å². The summed E-state index contributed by atoms with van der Waals surface area (Å²) in [5.74, 6) is -0.633. The summed E-state index contributed by atoms with van der Waals surface area (Å²) in [5, 5.41) is 9.70. The summed E-state index contributed by atoms with van der Waals surface area (Å²) in [6, 6.07) is 15.1. The molecule has 0 bridgehead atoms. The van der Waals surface area contributed by atoms with E-state index >= 15 is 0 Å². The van der Waals surface area contributed by atoms with Crippen molar-refractivity contribution in [2.75, 3.05) is 19.7 Å². The SMILES string of the molecule is CCCN(CCC)C(=O)c1ccc(C(Cc2ccc(Cl)cc2)[C@@H](CC(=O)NO)OCC)cc1. The largest absolute Gasteiger partial charge is 0.377 e. The van der Waals surface area contributed by atoms with E-state index in [4.69, 9.17) is 21.5 Å². The fourth-order valence-corrected chi connectivity index (χ4v) is 4.13. The molecule has 7 heteroatoms. The summed E-state index contributed by atoms with van der Waals surface area (Å²) in [5.41, 5.74) is 4.36. The zero-order valence-corrected chi connectivity index (χ0v) is 20.5. The molecule has 2 N–H and O–H groups in total. The van der Waals surface area contributed by atoms with Crippen LogP contribution in [-0.4, -0.2) is 47.7 Å². The molecule has 0 aliphatic rings. The minimum absolute atomic E-state index is 0.0179. The van der Waals surface area contributed by atoms with Gasteiger partial charge in [-0.05, 0) is 61.6 Å². The highest BCUT2D eigenvalue weighted by Gasteiger charge is 2.27. The monoisotopic (exact) mass is 474 g/mol. The van der Waals surface area contributed by atoms with Gasteiger partial charge in [-0.15, -0.1) is 0 Å². The molecular formula is C26H35ClN2O4. The molecular weight excluding hydrogens is 440 g/mol. The van der Waals surface area contributed by atoms with Gasteiger partial charge in [0.25, 0.3) is 5.91 Å². The summed E-state index contributed by atoms with van der Waals surface area (Å²) in [6.07, 6.45) is 2.01. The predicted molar refractivity (Wildman–Crippen MR) is 131 cm³/mol. The van der Waals surface area contributed by atoms with Crippen LogP contribution in [0.15, 0.2) is 48.5 Å². The van der Waals surface area contributed by atoms with Crippen LogP contribution in [0, 0.1) is 0 Å². The van der Waals surface area contributed by atoms with Crippen molar-refractivity contribution < 1.29 is 19.5 Å². The molecule has 2 rings (SSSR count). The Morgan fingerprint density at radius 3 is 2.12 bits per heavy atom. The molecule has 0 aliphatic carbocycles. The lowest BCUT2D eigenvalue weighted by molar-refractivity contribution is -0.132. The van der Waals surface area contributed by atoms with E-state index < -0.39 is 12.0 Å². The van der Waals surface area contributed by atoms with Crippen LogP contribution in [0.5, 0.6) is 0 Å². The van der Waals surface area contributed by atoms with Crippen LogP contribution < -0.4 is 5.48 Å². The van der Waals surface area contributed by atoms with Gasteiger partial charge in [-0.25, -0.2) is 5.48 Å². The summed E-state index contributed by atoms with van der Waals surface area (Å²) in [7, 11) is 0. The molecule has 6 nitrogen and oxygen atoms in total. The number of ether oxygens (including phenoxy) is 1. The number of carbonyl (C=O) groups is 2. The van der Waals surface area contributed by atoms with Crippen LogP contribution in [0.2, 0.25) is 5.02 Å². The summed E-state index contributed by atoms with van der Waals surface area (Å²) >= 11 is 6.04. The number of rotatable bonds is 13. The molecule has 0 fully saturated rings. The Morgan fingerprint density at radius 2 is 1.61 bits per heavy atom. The Kier molecular flexibility index (Phi) is 11.4. The van der Waals surface area contributed by atoms with Crippen molar-refractivity contribution >= 4 is 23.4 Å². The Labute approximate surface area is 201 Å². The van der Waals surface area contributed by atoms with E-state index in [1.165, 1.54) is 0 Å². The first-order chi connectivity index (χ1) is 15.9. The first kappa shape index (κ1) is 26.8. The Morgan fingerprint density at radius 1 is 1.00 bits per heavy atom. The Bertz CT molecular complexity index is 865. The number of carbonyl (C=O) groups excluding carboxylic acids is 2. The van der Waals surface area contributed by atoms with Gasteiger partial charge >= 0.3 is 0 Å². The minimum Gasteiger partial charge on any atom is -0.377 e. The molecule has 0 saturated carbocycles. The lowest BCUT2D eigenvalue weighted by Gasteiger charge is -2.28. The van der Waals surface area contributed by atoms with Crippen LogP contribution >= 0.6 is 11.6 Å². The maximum Gasteiger partial charge on any atom is 0.253 e. The average molecular weight is 475 g/mol. The molecule has 2 amide bonds. The van der Waals surface area contributed by atoms with Crippen molar-refractivity contribution in [2.45, 2.75) is 58.5 Å². The molecule has 1 unspecified atom stereocenters. The van der Waals surface area contributed by atoms with Gasteiger partial charge in [-0.2, -0.15) is 0 Å². The smallest absolute Gasteiger partial charge is 0.253 e. The average Bonchev–Trinajstić information content (AvgIpc) is 2.83. The molecule has 0 saturated heterocycles. The van der Waals surface area contributed by atoms with Crippen molar-refractivity contribution in [1.82, 2.24) is 10.4 Å². The summed E-state index contributed by atoms with van der Waals surface area (Å²) in [6.45, 7) is 7.90. The number of nitrogens with one attached hydrogen (secondary N) is 1. The standard InChI is InChI=1S/C26H35ClN2O4/c1-4-15-29(16-5-2)26(31)21-11-9-20(10-12-21)23(17-19-7-13-22(27)14-8-19)24(33-6-3)18-25(30)28-32/h7-14,23-24,32H,4-6,15-18H2,1-3H3,(H,28,30)/t23?,24-/m1/s1. The van der Waals surface area contributed by atoms with Crippen molar-refractivity contribution in [3.05, 3.63) is 70.2 Å². The summed E-state index contributed by atoms with van der Waals surface area (Å²) in [4.78, 5) is 26.8. The Balaban J connectivity index is 2.35. The van der Waals surface area contributed by atoms with Gasteiger partial charge in [0.15, 0.2) is 0 Å². The third-order valence-electron chi connectivity index (χ3n) is 5.57. The molecule has 0 spiro atoms. The third-order valence-corrected chi connectivity index (χ3v) is 5.82. The van der Waals surface area contributed by atoms with Crippen LogP contribution in [-0.2, 0) is 16.0 Å². The van der Waals surface area contributed by atoms with Gasteiger partial charge in [0, 0.05) is 36.2 Å². The van der Waals surface area contributed by atoms with E-state index in [1.807, 2.05) is 60.4 Å².